The average Bonchev–Trinajstić information content (AvgIpc) is 3.40. The van der Waals surface area contributed by atoms with Crippen molar-refractivity contribution >= 4 is 11.6 Å². The summed E-state index contributed by atoms with van der Waals surface area (Å²) in [4.78, 5) is 0. The van der Waals surface area contributed by atoms with E-state index in [4.69, 9.17) is 21.1 Å². The predicted octanol–water partition coefficient (Wildman–Crippen LogP) is 4.55. The molecule has 4 heteroatoms. The highest BCUT2D eigenvalue weighted by Crippen LogP contribution is 2.68. The smallest absolute Gasteiger partial charge is 0.223 e. The van der Waals surface area contributed by atoms with Gasteiger partial charge in [0.1, 0.15) is 6.10 Å². The summed E-state index contributed by atoms with van der Waals surface area (Å²) in [6.07, 6.45) is -0.899. The van der Waals surface area contributed by atoms with Crippen molar-refractivity contribution in [2.75, 3.05) is 0 Å². The maximum atomic E-state index is 11.4. The molecule has 0 aromatic heterocycles. The Morgan fingerprint density at radius 2 is 1.35 bits per heavy atom. The van der Waals surface area contributed by atoms with E-state index in [1.165, 1.54) is 0 Å². The summed E-state index contributed by atoms with van der Waals surface area (Å²) in [5, 5.41) is 12.1. The summed E-state index contributed by atoms with van der Waals surface area (Å²) >= 11 is 6.06. The number of rotatable bonds is 3. The molecule has 0 aliphatic carbocycles. The van der Waals surface area contributed by atoms with Gasteiger partial charge in [0.05, 0.1) is 0 Å². The normalized spacial score (nSPS) is 32.2. The Morgan fingerprint density at radius 1 is 0.731 bits per heavy atom. The third kappa shape index (κ3) is 2.19. The van der Waals surface area contributed by atoms with E-state index < -0.39 is 23.6 Å². The summed E-state index contributed by atoms with van der Waals surface area (Å²) in [6.45, 7) is 0. The minimum absolute atomic E-state index is 0.417. The zero-order chi connectivity index (χ0) is 17.8. The van der Waals surface area contributed by atoms with Crippen LogP contribution in [0.3, 0.4) is 0 Å². The number of ether oxygens (including phenoxy) is 2. The Morgan fingerprint density at radius 3 is 2.00 bits per heavy atom. The monoisotopic (exact) mass is 364 g/mol. The molecule has 0 saturated carbocycles. The standard InChI is InChI=1S/C22H17ClO3/c23-18-13-11-16(12-14-18)21-19(15-7-3-1-4-8-15)25-22(24,20(21)26-21)17-9-5-2-6-10-17/h1-14,19-20,24H/t19-,20+,21+,22+/m1/s1. The molecule has 3 aromatic rings. The summed E-state index contributed by atoms with van der Waals surface area (Å²) in [6, 6.07) is 26.9. The van der Waals surface area contributed by atoms with Gasteiger partial charge >= 0.3 is 0 Å². The molecule has 1 N–H and O–H groups in total. The lowest BCUT2D eigenvalue weighted by molar-refractivity contribution is -0.247. The third-order valence-corrected chi connectivity index (χ3v) is 5.52. The van der Waals surface area contributed by atoms with Crippen molar-refractivity contribution in [3.05, 3.63) is 107 Å². The van der Waals surface area contributed by atoms with E-state index >= 15 is 0 Å². The lowest BCUT2D eigenvalue weighted by atomic mass is 9.85. The van der Waals surface area contributed by atoms with Gasteiger partial charge in [-0.3, -0.25) is 0 Å². The molecule has 4 atom stereocenters. The van der Waals surface area contributed by atoms with Crippen molar-refractivity contribution in [2.45, 2.75) is 23.6 Å². The van der Waals surface area contributed by atoms with Crippen LogP contribution >= 0.6 is 11.6 Å². The lowest BCUT2D eigenvalue weighted by Gasteiger charge is -2.28. The SMILES string of the molecule is O[C@@]1(c2ccccc2)O[C@H](c2ccccc2)[C@]2(c3ccc(Cl)cc3)O[C@@H]21. The van der Waals surface area contributed by atoms with E-state index in [1.54, 1.807) is 0 Å². The van der Waals surface area contributed by atoms with E-state index in [9.17, 15) is 5.11 Å². The molecular weight excluding hydrogens is 348 g/mol. The fraction of sp³-hybridized carbons (Fsp3) is 0.182. The largest absolute Gasteiger partial charge is 0.360 e. The van der Waals surface area contributed by atoms with Gasteiger partial charge in [0.2, 0.25) is 5.79 Å². The molecule has 0 amide bonds. The maximum Gasteiger partial charge on any atom is 0.223 e. The molecule has 130 valence electrons. The second kappa shape index (κ2) is 5.66. The zero-order valence-electron chi connectivity index (χ0n) is 13.9. The number of hydrogen-bond donors (Lipinski definition) is 1. The van der Waals surface area contributed by atoms with Crippen LogP contribution in [0, 0.1) is 0 Å². The summed E-state index contributed by atoms with van der Waals surface area (Å²) < 4.78 is 12.5. The Balaban J connectivity index is 1.65. The molecule has 3 nitrogen and oxygen atoms in total. The van der Waals surface area contributed by atoms with Crippen LogP contribution in [0.5, 0.6) is 0 Å². The van der Waals surface area contributed by atoms with Crippen LogP contribution in [0.15, 0.2) is 84.9 Å². The first-order chi connectivity index (χ1) is 12.6. The van der Waals surface area contributed by atoms with Crippen molar-refractivity contribution in [1.82, 2.24) is 0 Å². The fourth-order valence-corrected chi connectivity index (χ4v) is 4.11. The summed E-state index contributed by atoms with van der Waals surface area (Å²) in [5.41, 5.74) is 1.89. The molecule has 0 spiro atoms. The topological polar surface area (TPSA) is 42.0 Å². The van der Waals surface area contributed by atoms with Gasteiger partial charge in [-0.2, -0.15) is 0 Å². The fourth-order valence-electron chi connectivity index (χ4n) is 3.98. The van der Waals surface area contributed by atoms with Crippen LogP contribution in [-0.2, 0) is 20.9 Å². The van der Waals surface area contributed by atoms with Gasteiger partial charge in [0, 0.05) is 10.6 Å². The molecule has 0 radical (unpaired) electrons. The summed E-state index contributed by atoms with van der Waals surface area (Å²) in [5.74, 6) is -1.50. The lowest BCUT2D eigenvalue weighted by Crippen LogP contribution is -2.32. The molecule has 2 aliphatic heterocycles. The van der Waals surface area contributed by atoms with Crippen LogP contribution in [0.1, 0.15) is 22.8 Å². The van der Waals surface area contributed by atoms with Gasteiger partial charge in [-0.05, 0) is 23.3 Å². The van der Waals surface area contributed by atoms with Gasteiger partial charge in [0.25, 0.3) is 0 Å². The Bertz CT molecular complexity index is 929. The Labute approximate surface area is 156 Å². The van der Waals surface area contributed by atoms with Gasteiger partial charge < -0.3 is 14.6 Å². The van der Waals surface area contributed by atoms with Crippen LogP contribution in [0.2, 0.25) is 5.02 Å². The van der Waals surface area contributed by atoms with Crippen LogP contribution in [0.25, 0.3) is 0 Å². The highest BCUT2D eigenvalue weighted by atomic mass is 35.5. The van der Waals surface area contributed by atoms with Gasteiger partial charge in [-0.15, -0.1) is 0 Å². The second-order valence-corrected chi connectivity index (χ2v) is 7.21. The van der Waals surface area contributed by atoms with E-state index in [2.05, 4.69) is 0 Å². The number of halogens is 1. The average molecular weight is 365 g/mol. The van der Waals surface area contributed by atoms with Crippen molar-refractivity contribution in [3.63, 3.8) is 0 Å². The predicted molar refractivity (Wildman–Crippen MR) is 98.6 cm³/mol. The van der Waals surface area contributed by atoms with Crippen molar-refractivity contribution < 1.29 is 14.6 Å². The maximum absolute atomic E-state index is 11.4. The van der Waals surface area contributed by atoms with Crippen molar-refractivity contribution in [2.24, 2.45) is 0 Å². The van der Waals surface area contributed by atoms with E-state index in [0.717, 1.165) is 11.1 Å². The van der Waals surface area contributed by atoms with E-state index in [1.807, 2.05) is 84.9 Å². The van der Waals surface area contributed by atoms with Gasteiger partial charge in [-0.25, -0.2) is 0 Å². The quantitative estimate of drug-likeness (QED) is 0.693. The molecule has 26 heavy (non-hydrogen) atoms. The van der Waals surface area contributed by atoms with E-state index in [-0.39, 0.29) is 0 Å². The number of fused-ring (bicyclic) bond motifs is 1. The third-order valence-electron chi connectivity index (χ3n) is 5.27. The molecule has 3 aromatic carbocycles. The van der Waals surface area contributed by atoms with Gasteiger partial charge in [0.15, 0.2) is 11.7 Å². The number of epoxide rings is 1. The molecule has 2 saturated heterocycles. The highest BCUT2D eigenvalue weighted by Gasteiger charge is 2.78. The molecule has 2 heterocycles. The van der Waals surface area contributed by atoms with Crippen LogP contribution in [-0.4, -0.2) is 11.2 Å². The molecular formula is C22H17ClO3. The highest BCUT2D eigenvalue weighted by molar-refractivity contribution is 6.30. The molecule has 0 unspecified atom stereocenters. The van der Waals surface area contributed by atoms with Gasteiger partial charge in [-0.1, -0.05) is 84.4 Å². The zero-order valence-corrected chi connectivity index (χ0v) is 14.6. The first kappa shape index (κ1) is 16.0. The molecule has 5 rings (SSSR count). The second-order valence-electron chi connectivity index (χ2n) is 6.77. The van der Waals surface area contributed by atoms with Crippen molar-refractivity contribution in [1.29, 1.82) is 0 Å². The number of hydrogen-bond acceptors (Lipinski definition) is 3. The van der Waals surface area contributed by atoms with Crippen LogP contribution < -0.4 is 0 Å². The Hall–Kier alpha value is -2.17. The Kier molecular flexibility index (Phi) is 3.49. The number of benzene rings is 3. The van der Waals surface area contributed by atoms with Crippen molar-refractivity contribution in [3.8, 4) is 0 Å². The molecule has 0 bridgehead atoms. The van der Waals surface area contributed by atoms with Crippen LogP contribution in [0.4, 0.5) is 0 Å². The first-order valence-corrected chi connectivity index (χ1v) is 8.97. The minimum atomic E-state index is -1.50. The number of aliphatic hydroxyl groups is 1. The summed E-state index contributed by atoms with van der Waals surface area (Å²) in [7, 11) is 0. The minimum Gasteiger partial charge on any atom is -0.360 e. The molecule has 2 aliphatic rings. The molecule has 2 fully saturated rings. The first-order valence-electron chi connectivity index (χ1n) is 8.59. The van der Waals surface area contributed by atoms with E-state index in [0.29, 0.717) is 10.6 Å².